The Morgan fingerprint density at radius 3 is 1.02 bits per heavy atom. The molecule has 0 aliphatic rings. The molecule has 20 rings (SSSR count). The minimum absolute atomic E-state index is 0.0536. The van der Waals surface area contributed by atoms with Gasteiger partial charge in [-0.2, -0.15) is 0 Å². The number of fused-ring (bicyclic) bond motifs is 8. The molecule has 0 saturated carbocycles. The highest BCUT2D eigenvalue weighted by atomic mass is 32.2. The normalized spacial score (nSPS) is 12.4. The quantitative estimate of drug-likeness (QED) is 0.0166. The molecule has 20 nitrogen and oxygen atoms in total. The highest BCUT2D eigenvalue weighted by Crippen LogP contribution is 2.50. The molecule has 20 aromatic rings. The molecule has 0 bridgehead atoms. The molecule has 11 N–H and O–H groups in total. The Morgan fingerprint density at radius 2 is 0.705 bits per heavy atom. The number of hydrogen-bond donors (Lipinski definition) is 10. The first-order chi connectivity index (χ1) is 63.2. The van der Waals surface area contributed by atoms with Crippen molar-refractivity contribution in [1.29, 1.82) is 0 Å². The lowest BCUT2D eigenvalue weighted by Crippen LogP contribution is -2.23. The number of aryl methyl sites for hydroxylation is 6. The number of nitrogens with one attached hydrogen (secondary N) is 9. The number of aromatic nitrogens is 12. The third-order valence-corrected chi connectivity index (χ3v) is 27.2. The smallest absolute Gasteiger partial charge is 0.210 e. The van der Waals surface area contributed by atoms with Gasteiger partial charge in [0.05, 0.1) is 45.7 Å². The van der Waals surface area contributed by atoms with Gasteiger partial charge in [0.15, 0.2) is 0 Å². The third kappa shape index (κ3) is 17.9. The van der Waals surface area contributed by atoms with E-state index in [1.165, 1.54) is 35.6 Å². The average molecular weight is 1830 g/mol. The molecule has 12 heterocycles. The van der Waals surface area contributed by atoms with E-state index in [-0.39, 0.29) is 70.9 Å². The van der Waals surface area contributed by atoms with Crippen LogP contribution in [-0.4, -0.2) is 114 Å². The van der Waals surface area contributed by atoms with Crippen molar-refractivity contribution in [2.45, 2.75) is 126 Å². The predicted molar refractivity (Wildman–Crippen MR) is 530 cm³/mol. The number of halogens is 4. The molecular formula is C105H105F4N14O6S3-. The van der Waals surface area contributed by atoms with Gasteiger partial charge in [-0.3, -0.25) is 9.19 Å². The van der Waals surface area contributed by atoms with Crippen molar-refractivity contribution >= 4 is 118 Å². The molecule has 0 saturated heterocycles. The maximum absolute atomic E-state index is 14.5. The van der Waals surface area contributed by atoms with Crippen LogP contribution in [0.1, 0.15) is 124 Å². The van der Waals surface area contributed by atoms with Gasteiger partial charge in [-0.25, -0.2) is 39.5 Å². The number of primary sulfonamides is 1. The molecule has 678 valence electrons. The van der Waals surface area contributed by atoms with Crippen molar-refractivity contribution in [2.24, 2.45) is 5.14 Å². The van der Waals surface area contributed by atoms with Crippen molar-refractivity contribution in [1.82, 2.24) is 63.9 Å². The number of hydrogen-bond acceptors (Lipinski definition) is 8. The molecule has 12 aromatic heterocycles. The van der Waals surface area contributed by atoms with Crippen molar-refractivity contribution in [2.75, 3.05) is 30.2 Å². The van der Waals surface area contributed by atoms with Gasteiger partial charge in [-0.1, -0.05) is 110 Å². The molecular weight excluding hydrogens is 1730 g/mol. The molecule has 132 heavy (non-hydrogen) atoms. The Bertz CT molecular complexity index is 7800. The molecule has 8 aromatic carbocycles. The summed E-state index contributed by atoms with van der Waals surface area (Å²) in [5, 5.41) is 16.4. The molecule has 0 amide bonds. The summed E-state index contributed by atoms with van der Waals surface area (Å²) < 4.78 is 132. The number of sulfone groups is 1. The zero-order valence-electron chi connectivity index (χ0n) is 75.7. The fourth-order valence-corrected chi connectivity index (χ4v) is 20.8. The summed E-state index contributed by atoms with van der Waals surface area (Å²) in [6.07, 6.45) is 16.3. The minimum Gasteiger partial charge on any atom is -0.771 e. The van der Waals surface area contributed by atoms with E-state index in [2.05, 4.69) is 185 Å². The summed E-state index contributed by atoms with van der Waals surface area (Å²) in [7, 11) is -6.62. The zero-order valence-corrected chi connectivity index (χ0v) is 78.1. The van der Waals surface area contributed by atoms with E-state index >= 15 is 0 Å². The fourth-order valence-electron chi connectivity index (χ4n) is 19.6. The van der Waals surface area contributed by atoms with Crippen molar-refractivity contribution < 1.29 is 43.2 Å². The first-order valence-electron chi connectivity index (χ1n) is 44.2. The van der Waals surface area contributed by atoms with Crippen molar-refractivity contribution in [3.63, 3.8) is 0 Å². The van der Waals surface area contributed by atoms with E-state index in [0.29, 0.717) is 19.6 Å². The molecule has 0 spiro atoms. The standard InChI is InChI=1S/C27H29FN4O2S.C27H28FN3O2S.C26H27FN4O2S.C25H22FN3/c1-16(2)25-26(17(3)31-27(25)22-13-18(28)14-23-19(22)7-9-30-23)21-5-4-6-24-20(21)8-11-32(24)12-10-29-15-35(33)34;1-16(2)25-26(17(3)30-27(25)22-14-18(28)15-23-19(22)8-10-29-23)21-6-5-7-24-20(21)9-11-31(24)12-13-34(4,32)33;1-15(2)24-25(16(3)30-26(24)21-13-17(27)14-22-18(21)7-9-29-22)20-5-4-6-23-19(20)8-10-31(23)11-12-34(28,32)33;1-14(2)23-24(19-6-4-8-21-17(19)7-5-10-27-21)15(3)29-25(23)20-12-16(26)13-22-18(20)9-11-28-22/h4-9,11,13-14,16,29-31H,10,12,15H2,1-3H3,(H,33,34);5-11,14-16,29-30H,12-13H2,1-4H3;4-10,13-15,29-30H,11-12H2,1-3H3,(H2,28,32,33);4-14,28-29H,1-3H3/p-1. The molecule has 0 aliphatic heterocycles. The maximum Gasteiger partial charge on any atom is 0.210 e. The number of aromatic amines is 8. The number of nitrogens with zero attached hydrogens (tertiary/aromatic N) is 4. The lowest BCUT2D eigenvalue weighted by Gasteiger charge is -2.14. The van der Waals surface area contributed by atoms with Crippen LogP contribution in [0.5, 0.6) is 0 Å². The summed E-state index contributed by atoms with van der Waals surface area (Å²) in [4.78, 5) is 31.3. The molecule has 27 heteroatoms. The van der Waals surface area contributed by atoms with Crippen LogP contribution in [0.4, 0.5) is 17.6 Å². The molecule has 1 atom stereocenters. The molecule has 0 radical (unpaired) electrons. The van der Waals surface area contributed by atoms with Gasteiger partial charge in [-0.15, -0.1) is 0 Å². The number of nitrogens with two attached hydrogens (primary N) is 1. The Labute approximate surface area is 765 Å². The van der Waals surface area contributed by atoms with Crippen molar-refractivity contribution in [3.8, 4) is 89.5 Å². The van der Waals surface area contributed by atoms with E-state index in [1.54, 1.807) is 30.3 Å². The molecule has 0 aliphatic carbocycles. The predicted octanol–water partition coefficient (Wildman–Crippen LogP) is 24.8. The van der Waals surface area contributed by atoms with Crippen LogP contribution in [0.25, 0.3) is 177 Å². The fraction of sp³-hybridized carbons (Fsp3) is 0.229. The van der Waals surface area contributed by atoms with Crippen LogP contribution in [0.2, 0.25) is 0 Å². The van der Waals surface area contributed by atoms with Gasteiger partial charge in [-0.05, 0) is 228 Å². The van der Waals surface area contributed by atoms with Gasteiger partial charge in [0.1, 0.15) is 33.1 Å². The van der Waals surface area contributed by atoms with Crippen LogP contribution in [-0.2, 0) is 50.6 Å². The van der Waals surface area contributed by atoms with Crippen LogP contribution in [0, 0.1) is 51.0 Å². The zero-order chi connectivity index (χ0) is 93.2. The Kier molecular flexibility index (Phi) is 25.3. The largest absolute Gasteiger partial charge is 0.771 e. The number of rotatable bonds is 23. The van der Waals surface area contributed by atoms with E-state index < -0.39 is 30.9 Å². The van der Waals surface area contributed by atoms with E-state index in [4.69, 9.17) is 5.14 Å². The van der Waals surface area contributed by atoms with Crippen molar-refractivity contribution in [3.05, 3.63) is 294 Å². The topological polar surface area (TPSA) is 300 Å². The summed E-state index contributed by atoms with van der Waals surface area (Å²) in [6, 6.07) is 55.4. The third-order valence-electron chi connectivity index (χ3n) is 25.1. The molecule has 0 fully saturated rings. The highest BCUT2D eigenvalue weighted by molar-refractivity contribution is 7.90. The van der Waals surface area contributed by atoms with Gasteiger partial charge >= 0.3 is 0 Å². The maximum atomic E-state index is 14.5. The van der Waals surface area contributed by atoms with E-state index in [1.807, 2.05) is 138 Å². The van der Waals surface area contributed by atoms with Gasteiger partial charge < -0.3 is 63.4 Å². The summed E-state index contributed by atoms with van der Waals surface area (Å²) in [5.41, 5.74) is 32.0. The Morgan fingerprint density at radius 1 is 0.394 bits per heavy atom. The lowest BCUT2D eigenvalue weighted by molar-refractivity contribution is 0.526. The summed E-state index contributed by atoms with van der Waals surface area (Å²) in [5.74, 6) is -0.342. The second-order valence-electron chi connectivity index (χ2n) is 35.4. The minimum atomic E-state index is -3.56. The monoisotopic (exact) mass is 1830 g/mol. The second kappa shape index (κ2) is 36.8. The number of benzene rings is 8. The average Bonchev–Trinajstić information content (AvgIpc) is 1.56. The van der Waals surface area contributed by atoms with Gasteiger partial charge in [0, 0.05) is 231 Å². The van der Waals surface area contributed by atoms with E-state index in [9.17, 15) is 43.2 Å². The number of pyridine rings is 1. The van der Waals surface area contributed by atoms with E-state index in [0.717, 1.165) is 211 Å². The SMILES string of the molecule is Cc1[nH]c(-c2cc(F)cc3[nH]ccc23)c(C(C)C)c1-c1cccc2c1ccn2CCNCS(=O)[O-].Cc1[nH]c(-c2cc(F)cc3[nH]ccc23)c(C(C)C)c1-c1cccc2c1ccn2CCS(C)(=O)=O.Cc1[nH]c(-c2cc(F)cc3[nH]ccc23)c(C(C)C)c1-c1cccc2c1ccn2CCS(N)(=O)=O.Cc1[nH]c(-c2cc(F)cc3[nH]ccc23)c(C(C)C)c1-c1cccc2ncccc12. The van der Waals surface area contributed by atoms with Gasteiger partial charge in [0.25, 0.3) is 0 Å². The first kappa shape index (κ1) is 90.6. The Balaban J connectivity index is 0.000000123. The van der Waals surface area contributed by atoms with Crippen LogP contribution in [0.15, 0.2) is 225 Å². The summed E-state index contributed by atoms with van der Waals surface area (Å²) >= 11 is -2.10. The molecule has 1 unspecified atom stereocenters. The number of sulfonamides is 1. The number of H-pyrrole nitrogens is 8. The lowest BCUT2D eigenvalue weighted by atomic mass is 9.89. The van der Waals surface area contributed by atoms with Crippen LogP contribution in [0.3, 0.4) is 0 Å². The first-order valence-corrected chi connectivity index (χ1v) is 49.2. The van der Waals surface area contributed by atoms with Crippen LogP contribution < -0.4 is 10.5 Å². The Hall–Kier alpha value is -13.3. The summed E-state index contributed by atoms with van der Waals surface area (Å²) in [6.45, 7) is 27.5. The van der Waals surface area contributed by atoms with Crippen LogP contribution >= 0.6 is 0 Å². The highest BCUT2D eigenvalue weighted by Gasteiger charge is 2.30. The van der Waals surface area contributed by atoms with Gasteiger partial charge in [0.2, 0.25) is 10.0 Å². The second-order valence-corrected chi connectivity index (χ2v) is 40.3.